The summed E-state index contributed by atoms with van der Waals surface area (Å²) < 4.78 is 0. The van der Waals surface area contributed by atoms with Crippen LogP contribution in [0, 0.1) is 0 Å². The van der Waals surface area contributed by atoms with E-state index in [1.165, 1.54) is 0 Å². The van der Waals surface area contributed by atoms with Gasteiger partial charge in [0.05, 0.1) is 0 Å². The molecule has 1 rings (SSSR count). The number of rotatable bonds is 4. The monoisotopic (exact) mass is 260 g/mol. The van der Waals surface area contributed by atoms with Crippen LogP contribution in [0.2, 0.25) is 10.0 Å². The van der Waals surface area contributed by atoms with Crippen molar-refractivity contribution in [3.05, 3.63) is 33.8 Å². The molecule has 0 aromatic heterocycles. The number of benzene rings is 1. The maximum absolute atomic E-state index is 6.16. The van der Waals surface area contributed by atoms with Crippen molar-refractivity contribution in [3.63, 3.8) is 0 Å². The Hall–Kier alpha value is -0.280. The summed E-state index contributed by atoms with van der Waals surface area (Å²) >= 11 is 12.0. The molecule has 0 saturated heterocycles. The molecule has 2 nitrogen and oxygen atoms in total. The Bertz CT molecular complexity index is 353. The van der Waals surface area contributed by atoms with Crippen molar-refractivity contribution in [1.29, 1.82) is 0 Å². The standard InChI is InChI=1S/C12H18Cl2N2/c1-8(15)7-16(3)9(2)11-5-4-10(13)6-12(11)14/h4-6,8-9H,7,15H2,1-3H3. The number of halogens is 2. The molecule has 4 heteroatoms. The summed E-state index contributed by atoms with van der Waals surface area (Å²) in [5.74, 6) is 0. The first-order valence-corrected chi connectivity index (χ1v) is 6.08. The zero-order valence-electron chi connectivity index (χ0n) is 9.87. The second-order valence-corrected chi connectivity index (χ2v) is 5.10. The quantitative estimate of drug-likeness (QED) is 0.900. The van der Waals surface area contributed by atoms with Gasteiger partial charge in [-0.1, -0.05) is 29.3 Å². The van der Waals surface area contributed by atoms with Gasteiger partial charge < -0.3 is 5.73 Å². The van der Waals surface area contributed by atoms with E-state index in [2.05, 4.69) is 11.8 Å². The minimum Gasteiger partial charge on any atom is -0.327 e. The van der Waals surface area contributed by atoms with E-state index >= 15 is 0 Å². The Morgan fingerprint density at radius 2 is 1.94 bits per heavy atom. The van der Waals surface area contributed by atoms with Crippen molar-refractivity contribution in [1.82, 2.24) is 4.90 Å². The Morgan fingerprint density at radius 1 is 1.31 bits per heavy atom. The van der Waals surface area contributed by atoms with Gasteiger partial charge in [-0.05, 0) is 38.6 Å². The minimum atomic E-state index is 0.151. The fourth-order valence-electron chi connectivity index (χ4n) is 1.69. The van der Waals surface area contributed by atoms with Crippen molar-refractivity contribution in [2.75, 3.05) is 13.6 Å². The van der Waals surface area contributed by atoms with E-state index in [0.717, 1.165) is 12.1 Å². The van der Waals surface area contributed by atoms with Gasteiger partial charge in [-0.15, -0.1) is 0 Å². The molecule has 2 N–H and O–H groups in total. The van der Waals surface area contributed by atoms with Crippen LogP contribution >= 0.6 is 23.2 Å². The SMILES string of the molecule is CC(N)CN(C)C(C)c1ccc(Cl)cc1Cl. The summed E-state index contributed by atoms with van der Waals surface area (Å²) in [6.45, 7) is 4.93. The van der Waals surface area contributed by atoms with Crippen LogP contribution < -0.4 is 5.73 Å². The summed E-state index contributed by atoms with van der Waals surface area (Å²) in [5, 5.41) is 1.37. The summed E-state index contributed by atoms with van der Waals surface area (Å²) in [4.78, 5) is 2.18. The molecule has 2 unspecified atom stereocenters. The van der Waals surface area contributed by atoms with Crippen LogP contribution in [0.5, 0.6) is 0 Å². The molecule has 0 aliphatic heterocycles. The Kier molecular flexibility index (Phi) is 5.06. The van der Waals surface area contributed by atoms with Gasteiger partial charge in [-0.25, -0.2) is 0 Å². The van der Waals surface area contributed by atoms with Gasteiger partial charge in [0.2, 0.25) is 0 Å². The van der Waals surface area contributed by atoms with Gasteiger partial charge in [0.25, 0.3) is 0 Å². The average Bonchev–Trinajstić information content (AvgIpc) is 2.15. The summed E-state index contributed by atoms with van der Waals surface area (Å²) in [7, 11) is 2.04. The Labute approximate surface area is 107 Å². The van der Waals surface area contributed by atoms with E-state index < -0.39 is 0 Å². The molecule has 0 aliphatic rings. The smallest absolute Gasteiger partial charge is 0.0468 e. The van der Waals surface area contributed by atoms with E-state index in [-0.39, 0.29) is 12.1 Å². The number of hydrogen-bond acceptors (Lipinski definition) is 2. The van der Waals surface area contributed by atoms with Crippen molar-refractivity contribution >= 4 is 23.2 Å². The molecule has 90 valence electrons. The third kappa shape index (κ3) is 3.63. The van der Waals surface area contributed by atoms with Gasteiger partial charge in [0.15, 0.2) is 0 Å². The van der Waals surface area contributed by atoms with E-state index in [1.54, 1.807) is 6.07 Å². The lowest BCUT2D eigenvalue weighted by molar-refractivity contribution is 0.249. The van der Waals surface area contributed by atoms with Crippen LogP contribution in [0.15, 0.2) is 18.2 Å². The summed E-state index contributed by atoms with van der Waals surface area (Å²) in [6.07, 6.45) is 0. The van der Waals surface area contributed by atoms with Crippen molar-refractivity contribution in [2.24, 2.45) is 5.73 Å². The van der Waals surface area contributed by atoms with Gasteiger partial charge in [0.1, 0.15) is 0 Å². The van der Waals surface area contributed by atoms with Gasteiger partial charge >= 0.3 is 0 Å². The van der Waals surface area contributed by atoms with E-state index in [1.807, 2.05) is 26.1 Å². The first kappa shape index (κ1) is 13.8. The molecule has 16 heavy (non-hydrogen) atoms. The third-order valence-electron chi connectivity index (χ3n) is 2.65. The maximum atomic E-state index is 6.16. The normalized spacial score (nSPS) is 15.2. The molecule has 0 saturated carbocycles. The van der Waals surface area contributed by atoms with Gasteiger partial charge in [-0.3, -0.25) is 4.90 Å². The van der Waals surface area contributed by atoms with Crippen LogP contribution in [0.1, 0.15) is 25.5 Å². The van der Waals surface area contributed by atoms with Crippen molar-refractivity contribution in [2.45, 2.75) is 25.9 Å². The average molecular weight is 261 g/mol. The van der Waals surface area contributed by atoms with Crippen LogP contribution in [-0.4, -0.2) is 24.5 Å². The maximum Gasteiger partial charge on any atom is 0.0468 e. The molecule has 2 atom stereocenters. The first-order chi connectivity index (χ1) is 7.41. The second-order valence-electron chi connectivity index (χ2n) is 4.26. The Morgan fingerprint density at radius 3 is 2.44 bits per heavy atom. The molecular weight excluding hydrogens is 243 g/mol. The van der Waals surface area contributed by atoms with E-state index in [9.17, 15) is 0 Å². The highest BCUT2D eigenvalue weighted by Gasteiger charge is 2.15. The molecule has 1 aromatic carbocycles. The van der Waals surface area contributed by atoms with Crippen LogP contribution in [0.3, 0.4) is 0 Å². The largest absolute Gasteiger partial charge is 0.327 e. The lowest BCUT2D eigenvalue weighted by Crippen LogP contribution is -2.34. The summed E-state index contributed by atoms with van der Waals surface area (Å²) in [6, 6.07) is 5.98. The molecule has 1 aromatic rings. The predicted molar refractivity (Wildman–Crippen MR) is 71.2 cm³/mol. The van der Waals surface area contributed by atoms with Crippen LogP contribution in [0.4, 0.5) is 0 Å². The fraction of sp³-hybridized carbons (Fsp3) is 0.500. The predicted octanol–water partition coefficient (Wildman–Crippen LogP) is 3.33. The van der Waals surface area contributed by atoms with Crippen LogP contribution in [0.25, 0.3) is 0 Å². The van der Waals surface area contributed by atoms with E-state index in [4.69, 9.17) is 28.9 Å². The van der Waals surface area contributed by atoms with Gasteiger partial charge in [0, 0.05) is 28.7 Å². The minimum absolute atomic E-state index is 0.151. The zero-order valence-corrected chi connectivity index (χ0v) is 11.4. The molecule has 0 amide bonds. The topological polar surface area (TPSA) is 29.3 Å². The first-order valence-electron chi connectivity index (χ1n) is 5.32. The molecule has 0 heterocycles. The zero-order chi connectivity index (χ0) is 12.3. The molecule has 0 fully saturated rings. The van der Waals surface area contributed by atoms with Crippen molar-refractivity contribution < 1.29 is 0 Å². The molecule has 0 radical (unpaired) electrons. The number of likely N-dealkylation sites (N-methyl/N-ethyl adjacent to an activating group) is 1. The Balaban J connectivity index is 2.83. The molecule has 0 spiro atoms. The number of nitrogens with zero attached hydrogens (tertiary/aromatic N) is 1. The second kappa shape index (κ2) is 5.87. The molecular formula is C12H18Cl2N2. The van der Waals surface area contributed by atoms with Gasteiger partial charge in [-0.2, -0.15) is 0 Å². The molecule has 0 bridgehead atoms. The van der Waals surface area contributed by atoms with E-state index in [0.29, 0.717) is 10.0 Å². The lowest BCUT2D eigenvalue weighted by Gasteiger charge is -2.27. The van der Waals surface area contributed by atoms with Crippen molar-refractivity contribution in [3.8, 4) is 0 Å². The number of nitrogens with two attached hydrogens (primary N) is 1. The lowest BCUT2D eigenvalue weighted by atomic mass is 10.1. The fourth-order valence-corrected chi connectivity index (χ4v) is 2.26. The number of hydrogen-bond donors (Lipinski definition) is 1. The summed E-state index contributed by atoms with van der Waals surface area (Å²) in [5.41, 5.74) is 6.85. The third-order valence-corrected chi connectivity index (χ3v) is 3.21. The van der Waals surface area contributed by atoms with Crippen LogP contribution in [-0.2, 0) is 0 Å². The highest BCUT2D eigenvalue weighted by Crippen LogP contribution is 2.28. The molecule has 0 aliphatic carbocycles. The highest BCUT2D eigenvalue weighted by atomic mass is 35.5. The highest BCUT2D eigenvalue weighted by molar-refractivity contribution is 6.35.